The molecule has 0 aromatic heterocycles. The fraction of sp³-hybridized carbons (Fsp3) is 0.917. The number of carbonyl (C=O) groups is 1. The van der Waals surface area contributed by atoms with Crippen molar-refractivity contribution in [2.45, 2.75) is 58.8 Å². The van der Waals surface area contributed by atoms with Gasteiger partial charge in [-0.15, -0.1) is 0 Å². The summed E-state index contributed by atoms with van der Waals surface area (Å²) in [5, 5.41) is 0. The van der Waals surface area contributed by atoms with Gasteiger partial charge in [-0.05, 0) is 12.8 Å². The average molecular weight is 216 g/mol. The van der Waals surface area contributed by atoms with E-state index in [1.165, 1.54) is 12.8 Å². The van der Waals surface area contributed by atoms with Crippen molar-refractivity contribution < 1.29 is 14.3 Å². The summed E-state index contributed by atoms with van der Waals surface area (Å²) in [5.41, 5.74) is 0. The van der Waals surface area contributed by atoms with Crippen molar-refractivity contribution in [1.82, 2.24) is 0 Å². The molecule has 0 fully saturated rings. The van der Waals surface area contributed by atoms with Crippen LogP contribution in [0.1, 0.15) is 58.8 Å². The molecule has 0 aliphatic heterocycles. The molecular weight excluding hydrogens is 192 g/mol. The largest absolute Gasteiger partial charge is 0.508 e. The second-order valence-electron chi connectivity index (χ2n) is 3.71. The first-order valence-corrected chi connectivity index (χ1v) is 6.10. The van der Waals surface area contributed by atoms with Crippen molar-refractivity contribution in [3.05, 3.63) is 0 Å². The van der Waals surface area contributed by atoms with Crippen LogP contribution in [0.25, 0.3) is 0 Å². The Morgan fingerprint density at radius 2 is 1.27 bits per heavy atom. The molecule has 0 spiro atoms. The molecule has 0 unspecified atom stereocenters. The van der Waals surface area contributed by atoms with Crippen LogP contribution in [0.4, 0.5) is 4.79 Å². The van der Waals surface area contributed by atoms with Crippen molar-refractivity contribution >= 4 is 6.16 Å². The zero-order chi connectivity index (χ0) is 11.4. The van der Waals surface area contributed by atoms with Crippen molar-refractivity contribution in [3.63, 3.8) is 0 Å². The summed E-state index contributed by atoms with van der Waals surface area (Å²) in [7, 11) is 0. The van der Waals surface area contributed by atoms with Crippen LogP contribution in [0.3, 0.4) is 0 Å². The lowest BCUT2D eigenvalue weighted by atomic mass is 10.2. The van der Waals surface area contributed by atoms with Gasteiger partial charge in [0.2, 0.25) is 0 Å². The highest BCUT2D eigenvalue weighted by Gasteiger charge is 2.02. The van der Waals surface area contributed by atoms with E-state index in [0.717, 1.165) is 32.1 Å². The quantitative estimate of drug-likeness (QED) is 0.433. The third kappa shape index (κ3) is 11.2. The Hall–Kier alpha value is -0.730. The predicted molar refractivity (Wildman–Crippen MR) is 61.0 cm³/mol. The molecule has 0 heterocycles. The maximum absolute atomic E-state index is 11.0. The Bertz CT molecular complexity index is 146. The first-order valence-electron chi connectivity index (χ1n) is 6.10. The van der Waals surface area contributed by atoms with Crippen molar-refractivity contribution in [2.24, 2.45) is 0 Å². The Labute approximate surface area is 93.1 Å². The minimum absolute atomic E-state index is 0.488. The van der Waals surface area contributed by atoms with Gasteiger partial charge in [0.25, 0.3) is 0 Å². The summed E-state index contributed by atoms with van der Waals surface area (Å²) in [6.07, 6.45) is 7.12. The fourth-order valence-electron chi connectivity index (χ4n) is 1.23. The first-order chi connectivity index (χ1) is 7.31. The molecule has 0 aromatic rings. The number of ether oxygens (including phenoxy) is 2. The van der Waals surface area contributed by atoms with E-state index in [-0.39, 0.29) is 0 Å². The van der Waals surface area contributed by atoms with E-state index in [1.807, 2.05) is 0 Å². The van der Waals surface area contributed by atoms with Crippen LogP contribution in [0.5, 0.6) is 0 Å². The molecule has 0 N–H and O–H groups in total. The highest BCUT2D eigenvalue weighted by molar-refractivity contribution is 5.59. The maximum Gasteiger partial charge on any atom is 0.508 e. The molecule has 0 bridgehead atoms. The topological polar surface area (TPSA) is 35.5 Å². The molecule has 0 aliphatic rings. The maximum atomic E-state index is 11.0. The van der Waals surface area contributed by atoms with Gasteiger partial charge in [-0.3, -0.25) is 0 Å². The minimum Gasteiger partial charge on any atom is -0.434 e. The molecule has 0 saturated carbocycles. The van der Waals surface area contributed by atoms with Gasteiger partial charge in [-0.2, -0.15) is 0 Å². The standard InChI is InChI=1S/C12H24O3/c1-3-5-7-9-11-15-12(13)14-10-8-6-4-2/h3-11H2,1-2H3. The number of hydrogen-bond acceptors (Lipinski definition) is 3. The van der Waals surface area contributed by atoms with Crippen LogP contribution in [0.2, 0.25) is 0 Å². The monoisotopic (exact) mass is 216 g/mol. The summed E-state index contributed by atoms with van der Waals surface area (Å²) in [6, 6.07) is 0. The molecule has 0 rings (SSSR count). The molecule has 3 nitrogen and oxygen atoms in total. The zero-order valence-electron chi connectivity index (χ0n) is 10.1. The second kappa shape index (κ2) is 11.3. The summed E-state index contributed by atoms with van der Waals surface area (Å²) in [5.74, 6) is 0. The van der Waals surface area contributed by atoms with Crippen LogP contribution in [-0.4, -0.2) is 19.4 Å². The van der Waals surface area contributed by atoms with E-state index >= 15 is 0 Å². The van der Waals surface area contributed by atoms with E-state index < -0.39 is 6.16 Å². The van der Waals surface area contributed by atoms with Crippen LogP contribution >= 0.6 is 0 Å². The van der Waals surface area contributed by atoms with Gasteiger partial charge in [0.1, 0.15) is 0 Å². The van der Waals surface area contributed by atoms with Gasteiger partial charge in [0, 0.05) is 0 Å². The molecule has 0 aromatic carbocycles. The molecule has 0 aliphatic carbocycles. The van der Waals surface area contributed by atoms with Gasteiger partial charge >= 0.3 is 6.16 Å². The van der Waals surface area contributed by atoms with Crippen LogP contribution in [0, 0.1) is 0 Å². The van der Waals surface area contributed by atoms with Gasteiger partial charge < -0.3 is 9.47 Å². The Kier molecular flexibility index (Phi) is 10.8. The molecule has 0 atom stereocenters. The zero-order valence-corrected chi connectivity index (χ0v) is 10.1. The SMILES string of the molecule is CCCCCCOC(=O)OCCCCC. The molecule has 90 valence electrons. The van der Waals surface area contributed by atoms with Crippen LogP contribution < -0.4 is 0 Å². The Morgan fingerprint density at radius 3 is 1.80 bits per heavy atom. The molecule has 3 heteroatoms. The van der Waals surface area contributed by atoms with Gasteiger partial charge in [0.15, 0.2) is 0 Å². The normalized spacial score (nSPS) is 10.0. The lowest BCUT2D eigenvalue weighted by Gasteiger charge is -2.05. The summed E-state index contributed by atoms with van der Waals surface area (Å²) in [6.45, 7) is 5.25. The van der Waals surface area contributed by atoms with Gasteiger partial charge in [-0.25, -0.2) is 4.79 Å². The molecule has 0 radical (unpaired) electrons. The molecular formula is C12H24O3. The fourth-order valence-corrected chi connectivity index (χ4v) is 1.23. The molecule has 0 saturated heterocycles. The number of hydrogen-bond donors (Lipinski definition) is 0. The van der Waals surface area contributed by atoms with Crippen molar-refractivity contribution in [3.8, 4) is 0 Å². The van der Waals surface area contributed by atoms with Gasteiger partial charge in [0.05, 0.1) is 13.2 Å². The van der Waals surface area contributed by atoms with E-state index in [1.54, 1.807) is 0 Å². The lowest BCUT2D eigenvalue weighted by Crippen LogP contribution is -2.09. The Balaban J connectivity index is 3.11. The first kappa shape index (κ1) is 14.3. The van der Waals surface area contributed by atoms with E-state index in [4.69, 9.17) is 9.47 Å². The third-order valence-electron chi connectivity index (χ3n) is 2.19. The minimum atomic E-state index is -0.511. The predicted octanol–water partition coefficient (Wildman–Crippen LogP) is 3.91. The second-order valence-corrected chi connectivity index (χ2v) is 3.71. The number of rotatable bonds is 9. The summed E-state index contributed by atoms with van der Waals surface area (Å²) >= 11 is 0. The molecule has 15 heavy (non-hydrogen) atoms. The van der Waals surface area contributed by atoms with Crippen molar-refractivity contribution in [1.29, 1.82) is 0 Å². The Morgan fingerprint density at radius 1 is 0.800 bits per heavy atom. The van der Waals surface area contributed by atoms with Gasteiger partial charge in [-0.1, -0.05) is 46.0 Å². The highest BCUT2D eigenvalue weighted by Crippen LogP contribution is 2.00. The third-order valence-corrected chi connectivity index (χ3v) is 2.19. The van der Waals surface area contributed by atoms with E-state index in [2.05, 4.69) is 13.8 Å². The average Bonchev–Trinajstić information content (AvgIpc) is 2.24. The smallest absolute Gasteiger partial charge is 0.434 e. The lowest BCUT2D eigenvalue weighted by molar-refractivity contribution is 0.0530. The van der Waals surface area contributed by atoms with E-state index in [0.29, 0.717) is 13.2 Å². The van der Waals surface area contributed by atoms with Crippen LogP contribution in [-0.2, 0) is 9.47 Å². The summed E-state index contributed by atoms with van der Waals surface area (Å²) < 4.78 is 9.80. The number of carbonyl (C=O) groups excluding carboxylic acids is 1. The molecule has 0 amide bonds. The van der Waals surface area contributed by atoms with E-state index in [9.17, 15) is 4.79 Å². The van der Waals surface area contributed by atoms with Crippen molar-refractivity contribution in [2.75, 3.05) is 13.2 Å². The summed E-state index contributed by atoms with van der Waals surface area (Å²) in [4.78, 5) is 11.0. The number of unbranched alkanes of at least 4 members (excludes halogenated alkanes) is 5. The van der Waals surface area contributed by atoms with Crippen LogP contribution in [0.15, 0.2) is 0 Å². The highest BCUT2D eigenvalue weighted by atomic mass is 16.7.